The third-order valence-electron chi connectivity index (χ3n) is 4.86. The van der Waals surface area contributed by atoms with Crippen LogP contribution in [0.25, 0.3) is 20.8 Å². The number of likely N-dealkylation sites (N-methyl/N-ethyl adjacent to an activating group) is 1. The normalized spacial score (nSPS) is 10.7. The average molecular weight is 446 g/mol. The second kappa shape index (κ2) is 9.62. The van der Waals surface area contributed by atoms with Crippen molar-refractivity contribution in [1.29, 1.82) is 0 Å². The quantitative estimate of drug-likeness (QED) is 0.427. The predicted octanol–water partition coefficient (Wildman–Crippen LogP) is 5.48. The number of thiazole rings is 1. The van der Waals surface area contributed by atoms with Crippen LogP contribution in [0.4, 0.5) is 10.5 Å². The molecule has 0 radical (unpaired) electrons. The van der Waals surface area contributed by atoms with Crippen LogP contribution in [0.2, 0.25) is 0 Å². The lowest BCUT2D eigenvalue weighted by Crippen LogP contribution is -2.35. The van der Waals surface area contributed by atoms with Crippen molar-refractivity contribution in [2.24, 2.45) is 0 Å². The first kappa shape index (κ1) is 21.5. The third-order valence-corrected chi connectivity index (χ3v) is 5.92. The van der Waals surface area contributed by atoms with E-state index >= 15 is 0 Å². The summed E-state index contributed by atoms with van der Waals surface area (Å²) in [5.74, 6) is -0.299. The maximum Gasteiger partial charge on any atom is 0.410 e. The summed E-state index contributed by atoms with van der Waals surface area (Å²) in [7, 11) is 1.53. The van der Waals surface area contributed by atoms with E-state index in [-0.39, 0.29) is 19.1 Å². The van der Waals surface area contributed by atoms with Crippen LogP contribution in [-0.4, -0.2) is 35.5 Å². The van der Waals surface area contributed by atoms with Gasteiger partial charge in [0.25, 0.3) is 0 Å². The lowest BCUT2D eigenvalue weighted by atomic mass is 10.2. The van der Waals surface area contributed by atoms with Crippen LogP contribution in [0.1, 0.15) is 11.1 Å². The van der Waals surface area contributed by atoms with Gasteiger partial charge in [0.05, 0.1) is 10.2 Å². The number of anilines is 1. The Morgan fingerprint density at radius 1 is 1.03 bits per heavy atom. The molecule has 4 rings (SSSR count). The van der Waals surface area contributed by atoms with E-state index in [9.17, 15) is 9.59 Å². The van der Waals surface area contributed by atoms with Crippen LogP contribution in [0.15, 0.2) is 72.8 Å². The molecule has 0 saturated carbocycles. The molecule has 162 valence electrons. The molecule has 7 heteroatoms. The smallest absolute Gasteiger partial charge is 0.410 e. The molecule has 0 aliphatic carbocycles. The number of aryl methyl sites for hydroxylation is 1. The molecule has 1 aromatic heterocycles. The van der Waals surface area contributed by atoms with Crippen LogP contribution in [0, 0.1) is 6.92 Å². The van der Waals surface area contributed by atoms with Gasteiger partial charge in [-0.15, -0.1) is 11.3 Å². The van der Waals surface area contributed by atoms with E-state index in [2.05, 4.69) is 29.4 Å². The summed E-state index contributed by atoms with van der Waals surface area (Å²) in [5, 5.41) is 3.74. The van der Waals surface area contributed by atoms with Crippen LogP contribution >= 0.6 is 11.3 Å². The minimum absolute atomic E-state index is 0.105. The van der Waals surface area contributed by atoms with E-state index in [0.29, 0.717) is 5.69 Å². The highest BCUT2D eigenvalue weighted by atomic mass is 32.1. The van der Waals surface area contributed by atoms with Gasteiger partial charge in [-0.3, -0.25) is 4.79 Å². The molecule has 2 amide bonds. The fraction of sp³-hybridized carbons (Fsp3) is 0.160. The molecule has 0 atom stereocenters. The van der Waals surface area contributed by atoms with Crippen molar-refractivity contribution >= 4 is 39.2 Å². The number of ether oxygens (including phenoxy) is 1. The summed E-state index contributed by atoms with van der Waals surface area (Å²) < 4.78 is 6.39. The van der Waals surface area contributed by atoms with E-state index in [4.69, 9.17) is 4.74 Å². The molecule has 0 unspecified atom stereocenters. The number of carbonyl (C=O) groups excluding carboxylic acids is 2. The van der Waals surface area contributed by atoms with Gasteiger partial charge in [-0.25, -0.2) is 9.78 Å². The van der Waals surface area contributed by atoms with Gasteiger partial charge in [0.15, 0.2) is 0 Å². The molecule has 0 saturated heterocycles. The van der Waals surface area contributed by atoms with Crippen molar-refractivity contribution in [3.8, 4) is 10.6 Å². The van der Waals surface area contributed by atoms with Gasteiger partial charge in [-0.05, 0) is 54.4 Å². The Labute approximate surface area is 190 Å². The Bertz CT molecular complexity index is 1240. The van der Waals surface area contributed by atoms with Gasteiger partial charge < -0.3 is 15.0 Å². The Kier molecular flexibility index (Phi) is 6.47. The van der Waals surface area contributed by atoms with Gasteiger partial charge in [0.1, 0.15) is 18.2 Å². The van der Waals surface area contributed by atoms with Gasteiger partial charge in [-0.2, -0.15) is 0 Å². The first-order valence-corrected chi connectivity index (χ1v) is 11.0. The maximum atomic E-state index is 12.3. The molecule has 6 nitrogen and oxygen atoms in total. The topological polar surface area (TPSA) is 71.5 Å². The van der Waals surface area contributed by atoms with Crippen molar-refractivity contribution in [2.75, 3.05) is 18.9 Å². The monoisotopic (exact) mass is 445 g/mol. The Balaban J connectivity index is 1.31. The highest BCUT2D eigenvalue weighted by Crippen LogP contribution is 2.31. The van der Waals surface area contributed by atoms with E-state index in [0.717, 1.165) is 26.4 Å². The van der Waals surface area contributed by atoms with E-state index in [1.165, 1.54) is 17.5 Å². The number of hydrogen-bond acceptors (Lipinski definition) is 5. The third kappa shape index (κ3) is 5.31. The molecule has 0 aliphatic rings. The summed E-state index contributed by atoms with van der Waals surface area (Å²) >= 11 is 1.64. The maximum absolute atomic E-state index is 12.3. The molecule has 32 heavy (non-hydrogen) atoms. The van der Waals surface area contributed by atoms with Crippen molar-refractivity contribution < 1.29 is 14.3 Å². The number of fused-ring (bicyclic) bond motifs is 1. The zero-order chi connectivity index (χ0) is 22.5. The van der Waals surface area contributed by atoms with Gasteiger partial charge in [0, 0.05) is 18.3 Å². The van der Waals surface area contributed by atoms with Crippen LogP contribution in [-0.2, 0) is 16.1 Å². The SMILES string of the molecule is Cc1ccc2nc(-c3ccc(NC(=O)CN(C)C(=O)OCc4ccccc4)cc3)sc2c1. The molecule has 0 aliphatic heterocycles. The van der Waals surface area contributed by atoms with Crippen molar-refractivity contribution in [3.05, 3.63) is 83.9 Å². The highest BCUT2D eigenvalue weighted by Gasteiger charge is 2.15. The molecule has 0 bridgehead atoms. The van der Waals surface area contributed by atoms with E-state index in [1.54, 1.807) is 11.3 Å². The number of hydrogen-bond donors (Lipinski definition) is 1. The molecular formula is C25H23N3O3S. The fourth-order valence-electron chi connectivity index (χ4n) is 3.16. The number of rotatable bonds is 6. The minimum Gasteiger partial charge on any atom is -0.445 e. The average Bonchev–Trinajstić information content (AvgIpc) is 3.21. The number of benzene rings is 3. The van der Waals surface area contributed by atoms with Crippen molar-refractivity contribution in [1.82, 2.24) is 9.88 Å². The van der Waals surface area contributed by atoms with E-state index in [1.807, 2.05) is 60.7 Å². The lowest BCUT2D eigenvalue weighted by Gasteiger charge is -2.16. The Hall–Kier alpha value is -3.71. The zero-order valence-electron chi connectivity index (χ0n) is 17.9. The minimum atomic E-state index is -0.551. The fourth-order valence-corrected chi connectivity index (χ4v) is 4.23. The van der Waals surface area contributed by atoms with Gasteiger partial charge in [-0.1, -0.05) is 36.4 Å². The van der Waals surface area contributed by atoms with Crippen LogP contribution in [0.3, 0.4) is 0 Å². The summed E-state index contributed by atoms with van der Waals surface area (Å²) in [6, 6.07) is 23.1. The van der Waals surface area contributed by atoms with Crippen LogP contribution in [0.5, 0.6) is 0 Å². The number of nitrogens with one attached hydrogen (secondary N) is 1. The van der Waals surface area contributed by atoms with Crippen molar-refractivity contribution in [3.63, 3.8) is 0 Å². The van der Waals surface area contributed by atoms with Gasteiger partial charge >= 0.3 is 6.09 Å². The lowest BCUT2D eigenvalue weighted by molar-refractivity contribution is -0.116. The molecule has 0 spiro atoms. The molecular weight excluding hydrogens is 422 g/mol. The number of amides is 2. The summed E-state index contributed by atoms with van der Waals surface area (Å²) in [4.78, 5) is 30.4. The number of nitrogens with zero attached hydrogens (tertiary/aromatic N) is 2. The molecule has 0 fully saturated rings. The van der Waals surface area contributed by atoms with Crippen molar-refractivity contribution in [2.45, 2.75) is 13.5 Å². The van der Waals surface area contributed by atoms with Crippen LogP contribution < -0.4 is 5.32 Å². The largest absolute Gasteiger partial charge is 0.445 e. The first-order valence-electron chi connectivity index (χ1n) is 10.2. The highest BCUT2D eigenvalue weighted by molar-refractivity contribution is 7.21. The molecule has 1 heterocycles. The Morgan fingerprint density at radius 2 is 1.78 bits per heavy atom. The molecule has 4 aromatic rings. The second-order valence-corrected chi connectivity index (χ2v) is 8.54. The summed E-state index contributed by atoms with van der Waals surface area (Å²) in [6.07, 6.45) is -0.551. The zero-order valence-corrected chi connectivity index (χ0v) is 18.7. The number of aromatic nitrogens is 1. The first-order chi connectivity index (χ1) is 15.5. The molecule has 3 aromatic carbocycles. The summed E-state index contributed by atoms with van der Waals surface area (Å²) in [6.45, 7) is 2.13. The molecule has 1 N–H and O–H groups in total. The standard InChI is InChI=1S/C25H23N3O3S/c1-17-8-13-21-22(14-17)32-24(27-21)19-9-11-20(12-10-19)26-23(29)15-28(2)25(30)31-16-18-6-4-3-5-7-18/h3-14H,15-16H2,1-2H3,(H,26,29). The number of carbonyl (C=O) groups is 2. The summed E-state index contributed by atoms with van der Waals surface area (Å²) in [5.41, 5.74) is 4.72. The Morgan fingerprint density at radius 3 is 2.53 bits per heavy atom. The predicted molar refractivity (Wildman–Crippen MR) is 128 cm³/mol. The second-order valence-electron chi connectivity index (χ2n) is 7.51. The van der Waals surface area contributed by atoms with Gasteiger partial charge in [0.2, 0.25) is 5.91 Å². The van der Waals surface area contributed by atoms with E-state index < -0.39 is 6.09 Å².